The zero-order valence-corrected chi connectivity index (χ0v) is 9.02. The van der Waals surface area contributed by atoms with Gasteiger partial charge in [-0.2, -0.15) is 0 Å². The van der Waals surface area contributed by atoms with Gasteiger partial charge < -0.3 is 9.67 Å². The highest BCUT2D eigenvalue weighted by molar-refractivity contribution is 6.02. The molecule has 0 saturated carbocycles. The lowest BCUT2D eigenvalue weighted by molar-refractivity contribution is 0.0699. The van der Waals surface area contributed by atoms with E-state index in [0.717, 1.165) is 11.6 Å². The summed E-state index contributed by atoms with van der Waals surface area (Å²) in [7, 11) is 1.63. The molecule has 0 aliphatic heterocycles. The molecule has 0 aliphatic carbocycles. The molecule has 16 heavy (non-hydrogen) atoms. The molecule has 1 heterocycles. The summed E-state index contributed by atoms with van der Waals surface area (Å²) in [6.45, 7) is 1.90. The van der Waals surface area contributed by atoms with Crippen molar-refractivity contribution in [3.05, 3.63) is 45.7 Å². The van der Waals surface area contributed by atoms with Gasteiger partial charge in [-0.15, -0.1) is 0 Å². The summed E-state index contributed by atoms with van der Waals surface area (Å²) in [5, 5.41) is 9.60. The average molecular weight is 217 g/mol. The Morgan fingerprint density at radius 3 is 2.62 bits per heavy atom. The third-order valence-electron chi connectivity index (χ3n) is 2.63. The van der Waals surface area contributed by atoms with E-state index in [4.69, 9.17) is 5.11 Å². The van der Waals surface area contributed by atoms with Crippen LogP contribution in [0.2, 0.25) is 0 Å². The second-order valence-electron chi connectivity index (χ2n) is 3.78. The van der Waals surface area contributed by atoms with Crippen molar-refractivity contribution < 1.29 is 9.90 Å². The first-order valence-corrected chi connectivity index (χ1v) is 4.84. The van der Waals surface area contributed by atoms with Crippen LogP contribution in [-0.4, -0.2) is 15.6 Å². The quantitative estimate of drug-likeness (QED) is 0.788. The van der Waals surface area contributed by atoms with Crippen LogP contribution in [0, 0.1) is 6.92 Å². The first-order valence-electron chi connectivity index (χ1n) is 4.84. The van der Waals surface area contributed by atoms with Gasteiger partial charge in [0.1, 0.15) is 0 Å². The lowest BCUT2D eigenvalue weighted by atomic mass is 10.1. The average Bonchev–Trinajstić information content (AvgIpc) is 2.23. The van der Waals surface area contributed by atoms with Gasteiger partial charge >= 0.3 is 5.97 Å². The number of carboxylic acids is 1. The van der Waals surface area contributed by atoms with Crippen LogP contribution in [0.5, 0.6) is 0 Å². The molecule has 0 fully saturated rings. The maximum absolute atomic E-state index is 11.6. The minimum atomic E-state index is -1.08. The van der Waals surface area contributed by atoms with Crippen LogP contribution in [0.25, 0.3) is 10.9 Å². The van der Waals surface area contributed by atoms with Crippen molar-refractivity contribution >= 4 is 16.9 Å². The fraction of sp³-hybridized carbons (Fsp3) is 0.167. The molecule has 82 valence electrons. The van der Waals surface area contributed by atoms with Crippen LogP contribution in [0.15, 0.2) is 29.1 Å². The minimum Gasteiger partial charge on any atom is -0.478 e. The van der Waals surface area contributed by atoms with Crippen molar-refractivity contribution in [1.29, 1.82) is 0 Å². The molecule has 0 radical (unpaired) electrons. The summed E-state index contributed by atoms with van der Waals surface area (Å²) in [6, 6.07) is 6.52. The molecular weight excluding hydrogens is 206 g/mol. The van der Waals surface area contributed by atoms with Crippen LogP contribution in [0.1, 0.15) is 15.9 Å². The highest BCUT2D eigenvalue weighted by Crippen LogP contribution is 2.17. The van der Waals surface area contributed by atoms with E-state index in [1.807, 2.05) is 19.1 Å². The molecule has 0 unspecified atom stereocenters. The second kappa shape index (κ2) is 3.48. The topological polar surface area (TPSA) is 59.3 Å². The van der Waals surface area contributed by atoms with Gasteiger partial charge in [-0.3, -0.25) is 4.79 Å². The third-order valence-corrected chi connectivity index (χ3v) is 2.63. The van der Waals surface area contributed by atoms with E-state index in [1.165, 1.54) is 4.57 Å². The minimum absolute atomic E-state index is 0.0538. The van der Waals surface area contributed by atoms with E-state index >= 15 is 0 Å². The molecule has 4 heteroatoms. The summed E-state index contributed by atoms with van der Waals surface area (Å²) >= 11 is 0. The number of aromatic nitrogens is 1. The lowest BCUT2D eigenvalue weighted by Crippen LogP contribution is -2.18. The fourth-order valence-corrected chi connectivity index (χ4v) is 1.74. The van der Waals surface area contributed by atoms with E-state index in [2.05, 4.69) is 0 Å². The fourth-order valence-electron chi connectivity index (χ4n) is 1.74. The summed E-state index contributed by atoms with van der Waals surface area (Å²) in [4.78, 5) is 22.6. The van der Waals surface area contributed by atoms with Crippen LogP contribution in [0.3, 0.4) is 0 Å². The van der Waals surface area contributed by atoms with Gasteiger partial charge in [0.05, 0.1) is 11.1 Å². The lowest BCUT2D eigenvalue weighted by Gasteiger charge is -2.08. The molecule has 0 amide bonds. The van der Waals surface area contributed by atoms with E-state index in [1.54, 1.807) is 13.1 Å². The van der Waals surface area contributed by atoms with E-state index in [-0.39, 0.29) is 11.1 Å². The Kier molecular flexibility index (Phi) is 2.27. The zero-order chi connectivity index (χ0) is 11.9. The van der Waals surface area contributed by atoms with Crippen LogP contribution in [-0.2, 0) is 7.05 Å². The van der Waals surface area contributed by atoms with E-state index in [0.29, 0.717) is 10.9 Å². The van der Waals surface area contributed by atoms with Crippen molar-refractivity contribution in [2.24, 2.45) is 7.05 Å². The second-order valence-corrected chi connectivity index (χ2v) is 3.78. The van der Waals surface area contributed by atoms with E-state index in [9.17, 15) is 9.59 Å². The summed E-state index contributed by atoms with van der Waals surface area (Å²) in [5.74, 6) is -1.08. The van der Waals surface area contributed by atoms with Gasteiger partial charge in [0.2, 0.25) is 0 Å². The molecule has 1 N–H and O–H groups in total. The normalized spacial score (nSPS) is 10.6. The molecule has 0 spiro atoms. The Labute approximate surface area is 91.8 Å². The van der Waals surface area contributed by atoms with Crippen molar-refractivity contribution in [2.75, 3.05) is 0 Å². The number of pyridine rings is 1. The van der Waals surface area contributed by atoms with Crippen molar-refractivity contribution in [2.45, 2.75) is 6.92 Å². The number of carboxylic acid groups (broad SMARTS) is 1. The van der Waals surface area contributed by atoms with Crippen molar-refractivity contribution in [1.82, 2.24) is 4.57 Å². The number of hydrogen-bond donors (Lipinski definition) is 1. The van der Waals surface area contributed by atoms with Crippen molar-refractivity contribution in [3.63, 3.8) is 0 Å². The highest BCUT2D eigenvalue weighted by atomic mass is 16.4. The Balaban J connectivity index is 3.01. The Hall–Kier alpha value is -2.10. The summed E-state index contributed by atoms with van der Waals surface area (Å²) in [5.41, 5.74) is 1.38. The standard InChI is InChI=1S/C12H11NO3/c1-7-3-4-8-9(12(15)16)6-11(14)13(2)10(8)5-7/h3-6H,1-2H3,(H,15,16). The van der Waals surface area contributed by atoms with E-state index < -0.39 is 5.97 Å². The molecule has 0 bridgehead atoms. The molecule has 0 aliphatic rings. The molecule has 0 atom stereocenters. The summed E-state index contributed by atoms with van der Waals surface area (Å²) < 4.78 is 1.45. The molecule has 1 aromatic carbocycles. The van der Waals surface area contributed by atoms with Gasteiger partial charge in [0.15, 0.2) is 0 Å². The maximum atomic E-state index is 11.6. The van der Waals surface area contributed by atoms with Crippen LogP contribution in [0.4, 0.5) is 0 Å². The number of fused-ring (bicyclic) bond motifs is 1. The van der Waals surface area contributed by atoms with Gasteiger partial charge in [0.25, 0.3) is 5.56 Å². The van der Waals surface area contributed by atoms with Gasteiger partial charge in [-0.05, 0) is 18.6 Å². The maximum Gasteiger partial charge on any atom is 0.336 e. The molecular formula is C12H11NO3. The first-order chi connectivity index (χ1) is 7.50. The highest BCUT2D eigenvalue weighted by Gasteiger charge is 2.11. The molecule has 4 nitrogen and oxygen atoms in total. The largest absolute Gasteiger partial charge is 0.478 e. The number of aromatic carboxylic acids is 1. The SMILES string of the molecule is Cc1ccc2c(C(=O)O)cc(=O)n(C)c2c1. The molecule has 2 aromatic rings. The van der Waals surface area contributed by atoms with Crippen LogP contribution >= 0.6 is 0 Å². The number of aryl methyl sites for hydroxylation is 2. The van der Waals surface area contributed by atoms with Crippen molar-refractivity contribution in [3.8, 4) is 0 Å². The predicted octanol–water partition coefficient (Wildman–Crippen LogP) is 1.55. The third kappa shape index (κ3) is 1.48. The van der Waals surface area contributed by atoms with Gasteiger partial charge in [-0.25, -0.2) is 4.79 Å². The van der Waals surface area contributed by atoms with Gasteiger partial charge in [0, 0.05) is 18.5 Å². The Morgan fingerprint density at radius 1 is 1.31 bits per heavy atom. The number of nitrogens with zero attached hydrogens (tertiary/aromatic N) is 1. The number of hydrogen-bond acceptors (Lipinski definition) is 2. The summed E-state index contributed by atoms with van der Waals surface area (Å²) in [6.07, 6.45) is 0. The first kappa shape index (κ1) is 10.4. The number of benzene rings is 1. The molecule has 1 aromatic heterocycles. The molecule has 0 saturated heterocycles. The number of rotatable bonds is 1. The Morgan fingerprint density at radius 2 is 2.00 bits per heavy atom. The number of carbonyl (C=O) groups is 1. The van der Waals surface area contributed by atoms with Gasteiger partial charge in [-0.1, -0.05) is 12.1 Å². The van der Waals surface area contributed by atoms with Crippen LogP contribution < -0.4 is 5.56 Å². The zero-order valence-electron chi connectivity index (χ0n) is 9.02. The Bertz CT molecular complexity index is 640. The monoisotopic (exact) mass is 217 g/mol. The predicted molar refractivity (Wildman–Crippen MR) is 60.9 cm³/mol. The molecule has 2 rings (SSSR count). The smallest absolute Gasteiger partial charge is 0.336 e.